The second-order valence-corrected chi connectivity index (χ2v) is 3.57. The van der Waals surface area contributed by atoms with Crippen LogP contribution in [0.3, 0.4) is 0 Å². The maximum atomic E-state index is 11.6. The maximum Gasteiger partial charge on any atom is 0.229 e. The summed E-state index contributed by atoms with van der Waals surface area (Å²) in [7, 11) is 0. The molecule has 0 spiro atoms. The lowest BCUT2D eigenvalue weighted by molar-refractivity contribution is -0.119. The fourth-order valence-corrected chi connectivity index (χ4v) is 1.19. The van der Waals surface area contributed by atoms with Gasteiger partial charge in [0.1, 0.15) is 5.82 Å². The molecule has 0 aromatic carbocycles. The van der Waals surface area contributed by atoms with E-state index in [9.17, 15) is 4.79 Å². The molecular weight excluding hydrogens is 192 g/mol. The molecule has 0 aliphatic heterocycles. The molecule has 0 fully saturated rings. The number of rotatable bonds is 5. The Hall–Kier alpha value is -1.36. The van der Waals surface area contributed by atoms with Crippen LogP contribution < -0.4 is 11.1 Å². The van der Waals surface area contributed by atoms with Gasteiger partial charge < -0.3 is 11.1 Å². The summed E-state index contributed by atoms with van der Waals surface area (Å²) in [5, 5.41) is 6.92. The Balaban J connectivity index is 2.63. The van der Waals surface area contributed by atoms with Crippen LogP contribution in [-0.2, 0) is 11.3 Å². The van der Waals surface area contributed by atoms with Crippen LogP contribution >= 0.6 is 0 Å². The number of nitrogens with zero attached hydrogens (tertiary/aromatic N) is 2. The fraction of sp³-hybridized carbons (Fsp3) is 0.600. The Morgan fingerprint density at radius 2 is 2.47 bits per heavy atom. The highest BCUT2D eigenvalue weighted by Crippen LogP contribution is 2.08. The van der Waals surface area contributed by atoms with E-state index in [1.54, 1.807) is 23.9 Å². The van der Waals surface area contributed by atoms with Gasteiger partial charge in [0.05, 0.1) is 6.20 Å². The molecule has 5 nitrogen and oxygen atoms in total. The van der Waals surface area contributed by atoms with Crippen molar-refractivity contribution in [2.24, 2.45) is 11.7 Å². The van der Waals surface area contributed by atoms with Crippen molar-refractivity contribution in [1.82, 2.24) is 9.78 Å². The topological polar surface area (TPSA) is 72.9 Å². The van der Waals surface area contributed by atoms with Crippen LogP contribution in [-0.4, -0.2) is 22.2 Å². The number of nitrogens with one attached hydrogen (secondary N) is 1. The predicted molar refractivity (Wildman–Crippen MR) is 59.4 cm³/mol. The zero-order valence-electron chi connectivity index (χ0n) is 9.23. The zero-order valence-corrected chi connectivity index (χ0v) is 9.23. The van der Waals surface area contributed by atoms with Crippen molar-refractivity contribution in [3.05, 3.63) is 12.3 Å². The van der Waals surface area contributed by atoms with E-state index >= 15 is 0 Å². The smallest absolute Gasteiger partial charge is 0.229 e. The van der Waals surface area contributed by atoms with E-state index in [4.69, 9.17) is 5.73 Å². The third-order valence-electron chi connectivity index (χ3n) is 2.20. The minimum atomic E-state index is -0.171. The van der Waals surface area contributed by atoms with Crippen molar-refractivity contribution in [2.75, 3.05) is 11.9 Å². The molecule has 0 aliphatic carbocycles. The molecule has 0 aliphatic rings. The highest BCUT2D eigenvalue weighted by molar-refractivity contribution is 5.91. The predicted octanol–water partition coefficient (Wildman–Crippen LogP) is 0.826. The Morgan fingerprint density at radius 3 is 3.07 bits per heavy atom. The van der Waals surface area contributed by atoms with Crippen molar-refractivity contribution in [1.29, 1.82) is 0 Å². The molecule has 1 unspecified atom stereocenters. The van der Waals surface area contributed by atoms with Gasteiger partial charge in [0.15, 0.2) is 0 Å². The van der Waals surface area contributed by atoms with Gasteiger partial charge in [0.25, 0.3) is 0 Å². The van der Waals surface area contributed by atoms with E-state index in [-0.39, 0.29) is 11.8 Å². The monoisotopic (exact) mass is 210 g/mol. The first-order chi connectivity index (χ1) is 7.19. The number of carbonyl (C=O) groups is 1. The highest BCUT2D eigenvalue weighted by Gasteiger charge is 2.12. The average Bonchev–Trinajstić information content (AvgIpc) is 2.65. The fourth-order valence-electron chi connectivity index (χ4n) is 1.19. The van der Waals surface area contributed by atoms with Crippen molar-refractivity contribution in [2.45, 2.75) is 26.8 Å². The summed E-state index contributed by atoms with van der Waals surface area (Å²) in [5.41, 5.74) is 5.42. The van der Waals surface area contributed by atoms with Gasteiger partial charge in [-0.2, -0.15) is 5.10 Å². The molecule has 0 bridgehead atoms. The molecule has 84 valence electrons. The Bertz CT molecular complexity index is 321. The molecule has 1 atom stereocenters. The number of carbonyl (C=O) groups excluding carboxylic acids is 1. The molecule has 1 rings (SSSR count). The molecule has 3 N–H and O–H groups in total. The van der Waals surface area contributed by atoms with Gasteiger partial charge in [-0.3, -0.25) is 4.79 Å². The highest BCUT2D eigenvalue weighted by atomic mass is 16.2. The second kappa shape index (κ2) is 5.50. The van der Waals surface area contributed by atoms with E-state index in [0.29, 0.717) is 6.54 Å². The van der Waals surface area contributed by atoms with E-state index < -0.39 is 0 Å². The number of amides is 1. The molecule has 15 heavy (non-hydrogen) atoms. The van der Waals surface area contributed by atoms with E-state index in [1.165, 1.54) is 0 Å². The van der Waals surface area contributed by atoms with Crippen LogP contribution in [0.1, 0.15) is 20.3 Å². The Kier molecular flexibility index (Phi) is 4.30. The molecule has 0 radical (unpaired) electrons. The van der Waals surface area contributed by atoms with Crippen molar-refractivity contribution < 1.29 is 4.79 Å². The van der Waals surface area contributed by atoms with E-state index in [0.717, 1.165) is 18.8 Å². The van der Waals surface area contributed by atoms with Gasteiger partial charge in [-0.1, -0.05) is 13.8 Å². The van der Waals surface area contributed by atoms with Crippen LogP contribution in [0.4, 0.5) is 5.82 Å². The zero-order chi connectivity index (χ0) is 11.3. The van der Waals surface area contributed by atoms with Gasteiger partial charge in [-0.05, 0) is 6.42 Å². The van der Waals surface area contributed by atoms with Crippen molar-refractivity contribution >= 4 is 11.7 Å². The van der Waals surface area contributed by atoms with Gasteiger partial charge in [-0.25, -0.2) is 4.68 Å². The average molecular weight is 210 g/mol. The normalized spacial score (nSPS) is 12.5. The van der Waals surface area contributed by atoms with Gasteiger partial charge in [0, 0.05) is 25.1 Å². The number of aromatic nitrogens is 2. The number of hydrogen-bond donors (Lipinski definition) is 2. The molecular formula is C10H18N4O. The van der Waals surface area contributed by atoms with Crippen LogP contribution in [0.5, 0.6) is 0 Å². The minimum absolute atomic E-state index is 0.0599. The summed E-state index contributed by atoms with van der Waals surface area (Å²) in [5.74, 6) is 0.507. The number of anilines is 1. The second-order valence-electron chi connectivity index (χ2n) is 3.57. The van der Waals surface area contributed by atoms with Gasteiger partial charge in [0.2, 0.25) is 5.91 Å². The third-order valence-corrected chi connectivity index (χ3v) is 2.20. The standard InChI is InChI=1S/C10H18N4O/c1-3-6-14-9(4-5-12-14)13-10(15)8(2)7-11/h4-5,8H,3,6-7,11H2,1-2H3,(H,13,15). The van der Waals surface area contributed by atoms with Crippen LogP contribution in [0.15, 0.2) is 12.3 Å². The first-order valence-electron chi connectivity index (χ1n) is 5.21. The lowest BCUT2D eigenvalue weighted by Gasteiger charge is -2.11. The SMILES string of the molecule is CCCn1nccc1NC(=O)C(C)CN. The minimum Gasteiger partial charge on any atom is -0.330 e. The Morgan fingerprint density at radius 1 is 1.73 bits per heavy atom. The summed E-state index contributed by atoms with van der Waals surface area (Å²) in [4.78, 5) is 11.6. The summed E-state index contributed by atoms with van der Waals surface area (Å²) in [6, 6.07) is 1.79. The maximum absolute atomic E-state index is 11.6. The first kappa shape index (κ1) is 11.7. The summed E-state index contributed by atoms with van der Waals surface area (Å²) < 4.78 is 1.78. The molecule has 1 aromatic heterocycles. The lowest BCUT2D eigenvalue weighted by Crippen LogP contribution is -2.27. The van der Waals surface area contributed by atoms with Gasteiger partial charge >= 0.3 is 0 Å². The number of nitrogens with two attached hydrogens (primary N) is 1. The lowest BCUT2D eigenvalue weighted by atomic mass is 10.2. The van der Waals surface area contributed by atoms with E-state index in [1.807, 2.05) is 0 Å². The molecule has 1 aromatic rings. The molecule has 1 amide bonds. The summed E-state index contributed by atoms with van der Waals surface area (Å²) in [6.07, 6.45) is 2.66. The van der Waals surface area contributed by atoms with Gasteiger partial charge in [-0.15, -0.1) is 0 Å². The van der Waals surface area contributed by atoms with Crippen LogP contribution in [0.2, 0.25) is 0 Å². The van der Waals surface area contributed by atoms with Crippen molar-refractivity contribution in [3.8, 4) is 0 Å². The molecule has 0 saturated carbocycles. The Labute approximate surface area is 89.6 Å². The van der Waals surface area contributed by atoms with Crippen LogP contribution in [0, 0.1) is 5.92 Å². The summed E-state index contributed by atoms with van der Waals surface area (Å²) in [6.45, 7) is 5.03. The summed E-state index contributed by atoms with van der Waals surface area (Å²) >= 11 is 0. The largest absolute Gasteiger partial charge is 0.330 e. The number of aryl methyl sites for hydroxylation is 1. The third kappa shape index (κ3) is 3.06. The molecule has 5 heteroatoms. The number of hydrogen-bond acceptors (Lipinski definition) is 3. The van der Waals surface area contributed by atoms with Crippen molar-refractivity contribution in [3.63, 3.8) is 0 Å². The van der Waals surface area contributed by atoms with E-state index in [2.05, 4.69) is 17.3 Å². The van der Waals surface area contributed by atoms with Crippen LogP contribution in [0.25, 0.3) is 0 Å². The molecule has 0 saturated heterocycles. The molecule has 1 heterocycles. The first-order valence-corrected chi connectivity index (χ1v) is 5.21. The quantitative estimate of drug-likeness (QED) is 0.756.